The Balaban J connectivity index is 3.20. The zero-order valence-electron chi connectivity index (χ0n) is 6.34. The van der Waals surface area contributed by atoms with Crippen LogP contribution >= 0.6 is 11.8 Å². The third kappa shape index (κ3) is 4.66. The van der Waals surface area contributed by atoms with Gasteiger partial charge in [-0.05, 0) is 25.1 Å². The lowest BCUT2D eigenvalue weighted by molar-refractivity contribution is 0.930. The lowest BCUT2D eigenvalue weighted by atomic mass is 10.4. The van der Waals surface area contributed by atoms with E-state index < -0.39 is 0 Å². The average molecular weight is 158 g/mol. The van der Waals surface area contributed by atoms with Crippen molar-refractivity contribution in [1.82, 2.24) is 0 Å². The maximum atomic E-state index is 8.52. The van der Waals surface area contributed by atoms with Gasteiger partial charge < -0.3 is 5.73 Å². The van der Waals surface area contributed by atoms with Gasteiger partial charge in [-0.25, -0.2) is 0 Å². The van der Waals surface area contributed by atoms with Crippen LogP contribution in [0, 0.1) is 11.3 Å². The Morgan fingerprint density at radius 1 is 1.70 bits per heavy atom. The van der Waals surface area contributed by atoms with E-state index in [2.05, 4.69) is 6.07 Å². The van der Waals surface area contributed by atoms with Gasteiger partial charge in [0.15, 0.2) is 0 Å². The fourth-order valence-corrected chi connectivity index (χ4v) is 1.48. The molecule has 0 amide bonds. The van der Waals surface area contributed by atoms with Crippen LogP contribution in [0.4, 0.5) is 0 Å². The third-order valence-electron chi connectivity index (χ3n) is 1.18. The summed E-state index contributed by atoms with van der Waals surface area (Å²) in [4.78, 5) is 0. The molecule has 0 saturated carbocycles. The second-order valence-corrected chi connectivity index (χ2v) is 3.35. The Morgan fingerprint density at radius 3 is 2.80 bits per heavy atom. The molecular formula is C7H14N2S. The largest absolute Gasteiger partial charge is 0.330 e. The standard InChI is InChI=1S/C7H14N2S/c1-2-7(6-9)10-5-3-4-8/h7H,2-5,8H2,1H3. The van der Waals surface area contributed by atoms with E-state index in [1.807, 2.05) is 6.92 Å². The molecule has 0 aliphatic carbocycles. The van der Waals surface area contributed by atoms with Crippen LogP contribution in [0.2, 0.25) is 0 Å². The van der Waals surface area contributed by atoms with E-state index in [9.17, 15) is 0 Å². The highest BCUT2D eigenvalue weighted by molar-refractivity contribution is 8.00. The predicted molar refractivity (Wildman–Crippen MR) is 45.8 cm³/mol. The van der Waals surface area contributed by atoms with Crippen molar-refractivity contribution in [3.8, 4) is 6.07 Å². The Hall–Kier alpha value is -0.200. The molecule has 10 heavy (non-hydrogen) atoms. The first-order chi connectivity index (χ1) is 4.85. The van der Waals surface area contributed by atoms with Gasteiger partial charge in [0.2, 0.25) is 0 Å². The number of nitrogens with zero attached hydrogens (tertiary/aromatic N) is 1. The van der Waals surface area contributed by atoms with E-state index in [0.717, 1.165) is 25.1 Å². The van der Waals surface area contributed by atoms with Crippen LogP contribution in [-0.4, -0.2) is 17.5 Å². The molecule has 0 fully saturated rings. The van der Waals surface area contributed by atoms with E-state index in [-0.39, 0.29) is 5.25 Å². The summed E-state index contributed by atoms with van der Waals surface area (Å²) in [5, 5.41) is 8.70. The fraction of sp³-hybridized carbons (Fsp3) is 0.857. The Kier molecular flexibility index (Phi) is 6.78. The topological polar surface area (TPSA) is 49.8 Å². The minimum atomic E-state index is 0.173. The number of nitrogens with two attached hydrogens (primary N) is 1. The van der Waals surface area contributed by atoms with Crippen molar-refractivity contribution in [1.29, 1.82) is 5.26 Å². The van der Waals surface area contributed by atoms with Crippen molar-refractivity contribution in [2.24, 2.45) is 5.73 Å². The summed E-state index contributed by atoms with van der Waals surface area (Å²) in [5.74, 6) is 1.02. The van der Waals surface area contributed by atoms with Gasteiger partial charge in [0, 0.05) is 0 Å². The molecule has 0 rings (SSSR count). The van der Waals surface area contributed by atoms with Gasteiger partial charge in [0.25, 0.3) is 0 Å². The highest BCUT2D eigenvalue weighted by Crippen LogP contribution is 2.13. The van der Waals surface area contributed by atoms with Gasteiger partial charge in [-0.2, -0.15) is 5.26 Å². The Morgan fingerprint density at radius 2 is 2.40 bits per heavy atom. The minimum Gasteiger partial charge on any atom is -0.330 e. The first-order valence-electron chi connectivity index (χ1n) is 3.56. The molecule has 0 aliphatic heterocycles. The highest BCUT2D eigenvalue weighted by Gasteiger charge is 2.02. The molecule has 0 aromatic heterocycles. The second kappa shape index (κ2) is 6.91. The predicted octanol–water partition coefficient (Wildman–Crippen LogP) is 1.37. The van der Waals surface area contributed by atoms with Crippen LogP contribution in [0.25, 0.3) is 0 Å². The summed E-state index contributed by atoms with van der Waals surface area (Å²) >= 11 is 1.70. The highest BCUT2D eigenvalue weighted by atomic mass is 32.2. The molecule has 0 aliphatic rings. The van der Waals surface area contributed by atoms with Crippen molar-refractivity contribution < 1.29 is 0 Å². The number of hydrogen-bond acceptors (Lipinski definition) is 3. The number of hydrogen-bond donors (Lipinski definition) is 1. The first-order valence-corrected chi connectivity index (χ1v) is 4.61. The molecule has 0 aromatic carbocycles. The summed E-state index contributed by atoms with van der Waals surface area (Å²) in [6, 6.07) is 2.23. The first kappa shape index (κ1) is 9.80. The van der Waals surface area contributed by atoms with Crippen LogP contribution in [-0.2, 0) is 0 Å². The zero-order valence-corrected chi connectivity index (χ0v) is 7.16. The van der Waals surface area contributed by atoms with E-state index in [4.69, 9.17) is 11.0 Å². The molecule has 1 atom stereocenters. The number of thioether (sulfide) groups is 1. The molecule has 58 valence electrons. The molecule has 0 spiro atoms. The van der Waals surface area contributed by atoms with Crippen molar-refractivity contribution >= 4 is 11.8 Å². The summed E-state index contributed by atoms with van der Waals surface area (Å²) < 4.78 is 0. The average Bonchev–Trinajstić information content (AvgIpc) is 1.99. The van der Waals surface area contributed by atoms with Crippen molar-refractivity contribution in [3.05, 3.63) is 0 Å². The van der Waals surface area contributed by atoms with Gasteiger partial charge in [-0.1, -0.05) is 6.92 Å². The van der Waals surface area contributed by atoms with Gasteiger partial charge in [-0.15, -0.1) is 11.8 Å². The van der Waals surface area contributed by atoms with E-state index in [1.165, 1.54) is 0 Å². The summed E-state index contributed by atoms with van der Waals surface area (Å²) in [7, 11) is 0. The molecule has 2 N–H and O–H groups in total. The molecule has 1 unspecified atom stereocenters. The number of nitriles is 1. The van der Waals surface area contributed by atoms with Gasteiger partial charge in [0.05, 0.1) is 11.3 Å². The third-order valence-corrected chi connectivity index (χ3v) is 2.55. The molecular weight excluding hydrogens is 144 g/mol. The lowest BCUT2D eigenvalue weighted by Gasteiger charge is -2.03. The van der Waals surface area contributed by atoms with E-state index >= 15 is 0 Å². The lowest BCUT2D eigenvalue weighted by Crippen LogP contribution is -2.03. The Labute approximate surface area is 66.8 Å². The van der Waals surface area contributed by atoms with Gasteiger partial charge >= 0.3 is 0 Å². The van der Waals surface area contributed by atoms with Crippen molar-refractivity contribution in [3.63, 3.8) is 0 Å². The number of rotatable bonds is 5. The molecule has 2 nitrogen and oxygen atoms in total. The van der Waals surface area contributed by atoms with Crippen molar-refractivity contribution in [2.45, 2.75) is 25.0 Å². The molecule has 0 bridgehead atoms. The normalized spacial score (nSPS) is 12.5. The molecule has 0 aromatic rings. The summed E-state index contributed by atoms with van der Waals surface area (Å²) in [6.45, 7) is 2.76. The smallest absolute Gasteiger partial charge is 0.0914 e. The van der Waals surface area contributed by atoms with Gasteiger partial charge in [-0.3, -0.25) is 0 Å². The molecule has 0 saturated heterocycles. The second-order valence-electron chi connectivity index (χ2n) is 2.04. The SMILES string of the molecule is CCC(C#N)SCCCN. The molecule has 0 heterocycles. The quantitative estimate of drug-likeness (QED) is 0.615. The van der Waals surface area contributed by atoms with Gasteiger partial charge in [0.1, 0.15) is 0 Å². The molecule has 0 radical (unpaired) electrons. The van der Waals surface area contributed by atoms with E-state index in [0.29, 0.717) is 0 Å². The fourth-order valence-electron chi connectivity index (χ4n) is 0.555. The summed E-state index contributed by atoms with van der Waals surface area (Å²) in [6.07, 6.45) is 1.95. The van der Waals surface area contributed by atoms with Crippen LogP contribution in [0.15, 0.2) is 0 Å². The van der Waals surface area contributed by atoms with Crippen LogP contribution in [0.5, 0.6) is 0 Å². The monoisotopic (exact) mass is 158 g/mol. The minimum absolute atomic E-state index is 0.173. The van der Waals surface area contributed by atoms with Crippen molar-refractivity contribution in [2.75, 3.05) is 12.3 Å². The molecule has 3 heteroatoms. The van der Waals surface area contributed by atoms with Crippen LogP contribution in [0.1, 0.15) is 19.8 Å². The zero-order chi connectivity index (χ0) is 7.82. The maximum Gasteiger partial charge on any atom is 0.0914 e. The summed E-state index contributed by atoms with van der Waals surface area (Å²) in [5.41, 5.74) is 5.30. The van der Waals surface area contributed by atoms with E-state index in [1.54, 1.807) is 11.8 Å². The Bertz CT molecular complexity index is 109. The van der Waals surface area contributed by atoms with Crippen LogP contribution in [0.3, 0.4) is 0 Å². The van der Waals surface area contributed by atoms with Crippen LogP contribution < -0.4 is 5.73 Å². The maximum absolute atomic E-state index is 8.52.